The highest BCUT2D eigenvalue weighted by atomic mass is 16.5. The molecule has 2 aliphatic carbocycles. The topological polar surface area (TPSA) is 76.7 Å². The first-order chi connectivity index (χ1) is 10.5. The molecular formula is C16H26N2O4. The summed E-state index contributed by atoms with van der Waals surface area (Å²) in [7, 11) is 0. The Labute approximate surface area is 131 Å². The molecule has 22 heavy (non-hydrogen) atoms. The number of fused-ring (bicyclic) bond motifs is 1. The molecule has 6 nitrogen and oxygen atoms in total. The molecule has 3 fully saturated rings. The molecule has 0 spiro atoms. The van der Waals surface area contributed by atoms with Crippen molar-refractivity contribution in [3.63, 3.8) is 0 Å². The highest BCUT2D eigenvalue weighted by Gasteiger charge is 2.55. The monoisotopic (exact) mass is 310 g/mol. The van der Waals surface area contributed by atoms with E-state index >= 15 is 0 Å². The summed E-state index contributed by atoms with van der Waals surface area (Å²) in [4.78, 5) is 23.7. The van der Waals surface area contributed by atoms with Gasteiger partial charge in [0.15, 0.2) is 0 Å². The Morgan fingerprint density at radius 1 is 1.14 bits per heavy atom. The third-order valence-corrected chi connectivity index (χ3v) is 4.85. The van der Waals surface area contributed by atoms with Crippen molar-refractivity contribution >= 4 is 11.8 Å². The van der Waals surface area contributed by atoms with E-state index in [1.807, 2.05) is 20.8 Å². The minimum Gasteiger partial charge on any atom is -0.381 e. The summed E-state index contributed by atoms with van der Waals surface area (Å²) in [5.41, 5.74) is 0. The number of carbonyl (C=O) groups excluding carboxylic acids is 2. The molecule has 2 saturated carbocycles. The Kier molecular flexibility index (Phi) is 4.41. The molecule has 0 radical (unpaired) electrons. The Balaban J connectivity index is 1.31. The summed E-state index contributed by atoms with van der Waals surface area (Å²) in [5.74, 6) is 0.997. The first-order valence-corrected chi connectivity index (χ1v) is 8.27. The molecule has 2 N–H and O–H groups in total. The first-order valence-electron chi connectivity index (χ1n) is 8.27. The Morgan fingerprint density at radius 2 is 1.82 bits per heavy atom. The zero-order chi connectivity index (χ0) is 15.9. The van der Waals surface area contributed by atoms with E-state index in [2.05, 4.69) is 10.6 Å². The maximum absolute atomic E-state index is 12.1. The van der Waals surface area contributed by atoms with E-state index in [9.17, 15) is 9.59 Å². The van der Waals surface area contributed by atoms with Crippen molar-refractivity contribution < 1.29 is 19.1 Å². The van der Waals surface area contributed by atoms with Crippen molar-refractivity contribution in [2.45, 2.75) is 45.4 Å². The van der Waals surface area contributed by atoms with Gasteiger partial charge < -0.3 is 20.1 Å². The van der Waals surface area contributed by atoms with Crippen molar-refractivity contribution in [2.75, 3.05) is 19.8 Å². The van der Waals surface area contributed by atoms with Crippen LogP contribution in [0, 0.1) is 23.7 Å². The van der Waals surface area contributed by atoms with Crippen LogP contribution in [0.2, 0.25) is 0 Å². The van der Waals surface area contributed by atoms with Gasteiger partial charge in [0, 0.05) is 23.8 Å². The van der Waals surface area contributed by atoms with Gasteiger partial charge in [0.05, 0.1) is 37.9 Å². The van der Waals surface area contributed by atoms with Crippen molar-refractivity contribution in [2.24, 2.45) is 23.7 Å². The van der Waals surface area contributed by atoms with E-state index in [1.54, 1.807) is 0 Å². The number of amides is 2. The van der Waals surface area contributed by atoms with Gasteiger partial charge in [-0.2, -0.15) is 0 Å². The Bertz CT molecular complexity index is 443. The Morgan fingerprint density at radius 3 is 2.45 bits per heavy atom. The lowest BCUT2D eigenvalue weighted by Gasteiger charge is -2.14. The number of nitrogens with one attached hydrogen (secondary N) is 2. The van der Waals surface area contributed by atoms with Crippen LogP contribution in [0.4, 0.5) is 0 Å². The Hall–Kier alpha value is -1.14. The van der Waals surface area contributed by atoms with Crippen LogP contribution < -0.4 is 10.6 Å². The lowest BCUT2D eigenvalue weighted by molar-refractivity contribution is -0.127. The van der Waals surface area contributed by atoms with E-state index in [0.717, 1.165) is 19.6 Å². The molecule has 0 aromatic heterocycles. The van der Waals surface area contributed by atoms with Crippen LogP contribution in [0.1, 0.15) is 27.2 Å². The van der Waals surface area contributed by atoms with E-state index in [0.29, 0.717) is 24.5 Å². The van der Waals surface area contributed by atoms with Gasteiger partial charge in [-0.25, -0.2) is 0 Å². The molecule has 0 aromatic rings. The molecule has 2 amide bonds. The largest absolute Gasteiger partial charge is 0.381 e. The molecular weight excluding hydrogens is 284 g/mol. The average Bonchev–Trinajstić information content (AvgIpc) is 3.30. The molecule has 1 saturated heterocycles. The number of hydrogen-bond donors (Lipinski definition) is 2. The smallest absolute Gasteiger partial charge is 0.225 e. The second kappa shape index (κ2) is 6.16. The van der Waals surface area contributed by atoms with Crippen molar-refractivity contribution in [1.29, 1.82) is 0 Å². The minimum atomic E-state index is -0.163. The SMILES string of the molecule is CC(C)C(=O)N[C@H]1C[C@@H]1OCC(C)C(=O)NC1[C@H]2COC[C@@H]12. The van der Waals surface area contributed by atoms with E-state index in [4.69, 9.17) is 9.47 Å². The molecule has 3 aliphatic rings. The molecule has 6 heteroatoms. The van der Waals surface area contributed by atoms with Crippen LogP contribution >= 0.6 is 0 Å². The lowest BCUT2D eigenvalue weighted by Crippen LogP contribution is -2.36. The predicted octanol–water partition coefficient (Wildman–Crippen LogP) is 0.313. The van der Waals surface area contributed by atoms with Gasteiger partial charge in [0.1, 0.15) is 0 Å². The maximum Gasteiger partial charge on any atom is 0.225 e. The zero-order valence-corrected chi connectivity index (χ0v) is 13.5. The predicted molar refractivity (Wildman–Crippen MR) is 80.0 cm³/mol. The number of carbonyl (C=O) groups is 2. The third-order valence-electron chi connectivity index (χ3n) is 4.85. The maximum atomic E-state index is 12.1. The fraction of sp³-hybridized carbons (Fsp3) is 0.875. The molecule has 3 rings (SSSR count). The van der Waals surface area contributed by atoms with Crippen molar-refractivity contribution in [1.82, 2.24) is 10.6 Å². The molecule has 1 heterocycles. The van der Waals surface area contributed by atoms with Crippen molar-refractivity contribution in [3.8, 4) is 0 Å². The third kappa shape index (κ3) is 3.43. The van der Waals surface area contributed by atoms with Crippen LogP contribution in [0.3, 0.4) is 0 Å². The summed E-state index contributed by atoms with van der Waals surface area (Å²) in [6, 6.07) is 0.424. The second-order valence-electron chi connectivity index (χ2n) is 7.18. The molecule has 0 bridgehead atoms. The van der Waals surface area contributed by atoms with Gasteiger partial charge in [-0.3, -0.25) is 9.59 Å². The number of hydrogen-bond acceptors (Lipinski definition) is 4. The fourth-order valence-electron chi connectivity index (χ4n) is 2.96. The summed E-state index contributed by atoms with van der Waals surface area (Å²) in [5, 5.41) is 6.04. The first kappa shape index (κ1) is 15.7. The average molecular weight is 310 g/mol. The van der Waals surface area contributed by atoms with Gasteiger partial charge in [0.25, 0.3) is 0 Å². The highest BCUT2D eigenvalue weighted by Crippen LogP contribution is 2.44. The van der Waals surface area contributed by atoms with Crippen LogP contribution in [-0.2, 0) is 19.1 Å². The number of rotatable bonds is 7. The summed E-state index contributed by atoms with van der Waals surface area (Å²) in [6.45, 7) is 7.59. The normalized spacial score (nSPS) is 36.6. The van der Waals surface area contributed by atoms with Gasteiger partial charge >= 0.3 is 0 Å². The standard InChI is InChI=1S/C16H26N2O4/c1-8(2)15(19)17-12-4-13(12)22-5-9(3)16(20)18-14-10-6-21-7-11(10)14/h8-14H,4-7H2,1-3H3,(H,17,19)(H,18,20)/t9?,10-,11+,12-,13-,14?/m0/s1. The minimum absolute atomic E-state index is 0.00655. The fourth-order valence-corrected chi connectivity index (χ4v) is 2.96. The molecule has 1 aliphatic heterocycles. The summed E-state index contributed by atoms with van der Waals surface area (Å²) < 4.78 is 11.0. The highest BCUT2D eigenvalue weighted by molar-refractivity contribution is 5.79. The quantitative estimate of drug-likeness (QED) is 0.710. The van der Waals surface area contributed by atoms with E-state index in [-0.39, 0.29) is 35.8 Å². The van der Waals surface area contributed by atoms with Gasteiger partial charge in [-0.05, 0) is 6.42 Å². The number of ether oxygens (including phenoxy) is 2. The van der Waals surface area contributed by atoms with Crippen LogP contribution in [-0.4, -0.2) is 49.8 Å². The summed E-state index contributed by atoms with van der Waals surface area (Å²) in [6.07, 6.45) is 0.906. The van der Waals surface area contributed by atoms with Crippen LogP contribution in [0.15, 0.2) is 0 Å². The summed E-state index contributed by atoms with van der Waals surface area (Å²) >= 11 is 0. The van der Waals surface area contributed by atoms with Crippen LogP contribution in [0.25, 0.3) is 0 Å². The molecule has 0 aromatic carbocycles. The van der Waals surface area contributed by atoms with Crippen molar-refractivity contribution in [3.05, 3.63) is 0 Å². The molecule has 2 unspecified atom stereocenters. The molecule has 124 valence electrons. The van der Waals surface area contributed by atoms with E-state index < -0.39 is 0 Å². The van der Waals surface area contributed by atoms with Gasteiger partial charge in [-0.15, -0.1) is 0 Å². The second-order valence-corrected chi connectivity index (χ2v) is 7.18. The van der Waals surface area contributed by atoms with E-state index in [1.165, 1.54) is 0 Å². The van der Waals surface area contributed by atoms with Gasteiger partial charge in [0.2, 0.25) is 11.8 Å². The van der Waals surface area contributed by atoms with Gasteiger partial charge in [-0.1, -0.05) is 20.8 Å². The molecule has 6 atom stereocenters. The van der Waals surface area contributed by atoms with Crippen LogP contribution in [0.5, 0.6) is 0 Å². The lowest BCUT2D eigenvalue weighted by atomic mass is 10.2. The zero-order valence-electron chi connectivity index (χ0n) is 13.5.